The van der Waals surface area contributed by atoms with E-state index in [4.69, 9.17) is 23.7 Å². The summed E-state index contributed by atoms with van der Waals surface area (Å²) in [7, 11) is 0. The van der Waals surface area contributed by atoms with Crippen LogP contribution < -0.4 is 11.2 Å². The average molecular weight is 753 g/mol. The molecule has 0 spiro atoms. The minimum atomic E-state index is -1.69. The molecule has 0 saturated carbocycles. The first-order valence-corrected chi connectivity index (χ1v) is 18.3. The molecule has 0 amide bonds. The van der Waals surface area contributed by atoms with Gasteiger partial charge in [0, 0.05) is 11.8 Å². The standard InChI is InChI=1S/C42H44N2O11/c1-3-4-5-6-7-17-26-51-34(45)25-24-32-28(2)43-42(50)44(37(32)46)38-36(55-41(49)31-22-15-10-16-23-31)35(54-40(48)30-20-13-9-14-21-30)33(53-38)27-52-39(47)29-18-11-8-12-19-29/h8-16,18-25,33,35-36,38H,3-7,17,26-27H2,1-2H3,(H,43,50)/b25-24+/t33-,35+,36-,38+/m0/s1. The van der Waals surface area contributed by atoms with Crippen LogP contribution in [0, 0.1) is 6.92 Å². The van der Waals surface area contributed by atoms with Crippen LogP contribution in [0.15, 0.2) is 107 Å². The van der Waals surface area contributed by atoms with Crippen molar-refractivity contribution in [2.24, 2.45) is 0 Å². The van der Waals surface area contributed by atoms with E-state index in [2.05, 4.69) is 11.9 Å². The van der Waals surface area contributed by atoms with E-state index in [0.29, 0.717) is 11.0 Å². The minimum absolute atomic E-state index is 0.0790. The molecule has 13 nitrogen and oxygen atoms in total. The van der Waals surface area contributed by atoms with Gasteiger partial charge in [0.05, 0.1) is 28.9 Å². The number of aromatic nitrogens is 2. The number of aromatic amines is 1. The maximum Gasteiger partial charge on any atom is 0.338 e. The molecule has 5 rings (SSSR count). The third-order valence-corrected chi connectivity index (χ3v) is 8.93. The van der Waals surface area contributed by atoms with Crippen LogP contribution in [0.3, 0.4) is 0 Å². The summed E-state index contributed by atoms with van der Waals surface area (Å²) in [6.45, 7) is 3.31. The van der Waals surface area contributed by atoms with Gasteiger partial charge >= 0.3 is 29.6 Å². The molecule has 4 atom stereocenters. The van der Waals surface area contributed by atoms with Gasteiger partial charge in [0.1, 0.15) is 12.7 Å². The lowest BCUT2D eigenvalue weighted by Crippen LogP contribution is -2.46. The Morgan fingerprint density at radius 3 is 1.82 bits per heavy atom. The van der Waals surface area contributed by atoms with Gasteiger partial charge in [-0.05, 0) is 55.8 Å². The first-order chi connectivity index (χ1) is 26.7. The summed E-state index contributed by atoms with van der Waals surface area (Å²) in [5.74, 6) is -3.10. The number of hydrogen-bond acceptors (Lipinski definition) is 11. The van der Waals surface area contributed by atoms with Crippen molar-refractivity contribution in [1.29, 1.82) is 0 Å². The molecular formula is C42H44N2O11. The quantitative estimate of drug-likeness (QED) is 0.0584. The fourth-order valence-electron chi connectivity index (χ4n) is 6.02. The van der Waals surface area contributed by atoms with Crippen molar-refractivity contribution < 1.29 is 42.9 Å². The van der Waals surface area contributed by atoms with Gasteiger partial charge in [-0.15, -0.1) is 0 Å². The van der Waals surface area contributed by atoms with Crippen LogP contribution in [0.5, 0.6) is 0 Å². The van der Waals surface area contributed by atoms with E-state index in [9.17, 15) is 28.8 Å². The molecule has 1 saturated heterocycles. The second kappa shape index (κ2) is 19.8. The highest BCUT2D eigenvalue weighted by Crippen LogP contribution is 2.34. The Kier molecular flexibility index (Phi) is 14.5. The SMILES string of the molecule is CCCCCCCCOC(=O)/C=C/c1c(C)[nH]c(=O)n([C@@H]2O[C@@H](COC(=O)c3ccccc3)[C@@H](OC(=O)c3ccccc3)[C@@H]2OC(=O)c2ccccc2)c1=O. The topological polar surface area (TPSA) is 169 Å². The molecule has 0 radical (unpaired) electrons. The molecule has 0 bridgehead atoms. The van der Waals surface area contributed by atoms with Gasteiger partial charge in [0.2, 0.25) is 0 Å². The number of carbonyl (C=O) groups is 4. The van der Waals surface area contributed by atoms with E-state index in [1.54, 1.807) is 66.7 Å². The molecule has 13 heteroatoms. The summed E-state index contributed by atoms with van der Waals surface area (Å²) >= 11 is 0. The second-order valence-electron chi connectivity index (χ2n) is 12.9. The zero-order chi connectivity index (χ0) is 39.2. The number of H-pyrrole nitrogens is 1. The van der Waals surface area contributed by atoms with Crippen LogP contribution in [-0.4, -0.2) is 65.0 Å². The number of nitrogens with one attached hydrogen (secondary N) is 1. The molecule has 1 aliphatic heterocycles. The molecule has 1 aromatic heterocycles. The van der Waals surface area contributed by atoms with Crippen LogP contribution in [0.1, 0.15) is 94.0 Å². The summed E-state index contributed by atoms with van der Waals surface area (Å²) in [6.07, 6.45) is 2.27. The highest BCUT2D eigenvalue weighted by atomic mass is 16.7. The van der Waals surface area contributed by atoms with Gasteiger partial charge in [0.15, 0.2) is 18.4 Å². The third-order valence-electron chi connectivity index (χ3n) is 8.93. The van der Waals surface area contributed by atoms with E-state index >= 15 is 0 Å². The predicted molar refractivity (Wildman–Crippen MR) is 201 cm³/mol. The number of rotatable bonds is 17. The smallest absolute Gasteiger partial charge is 0.338 e. The summed E-state index contributed by atoms with van der Waals surface area (Å²) in [4.78, 5) is 82.9. The number of unbranched alkanes of at least 4 members (excludes halogenated alkanes) is 5. The van der Waals surface area contributed by atoms with Gasteiger partial charge in [-0.3, -0.25) is 4.79 Å². The van der Waals surface area contributed by atoms with E-state index in [1.807, 2.05) is 0 Å². The minimum Gasteiger partial charge on any atom is -0.463 e. The lowest BCUT2D eigenvalue weighted by atomic mass is 10.1. The summed E-state index contributed by atoms with van der Waals surface area (Å²) < 4.78 is 29.6. The van der Waals surface area contributed by atoms with Gasteiger partial charge < -0.3 is 28.7 Å². The van der Waals surface area contributed by atoms with Crippen LogP contribution in [0.2, 0.25) is 0 Å². The molecule has 4 aromatic rings. The fourth-order valence-corrected chi connectivity index (χ4v) is 6.02. The highest BCUT2D eigenvalue weighted by molar-refractivity contribution is 5.91. The van der Waals surface area contributed by atoms with E-state index in [0.717, 1.165) is 38.2 Å². The summed E-state index contributed by atoms with van der Waals surface area (Å²) in [6, 6.07) is 24.0. The largest absolute Gasteiger partial charge is 0.463 e. The molecule has 1 fully saturated rings. The number of benzene rings is 3. The van der Waals surface area contributed by atoms with E-state index < -0.39 is 66.3 Å². The molecular weight excluding hydrogens is 708 g/mol. The maximum absolute atomic E-state index is 14.1. The van der Waals surface area contributed by atoms with Crippen molar-refractivity contribution in [1.82, 2.24) is 9.55 Å². The molecule has 288 valence electrons. The molecule has 1 N–H and O–H groups in total. The Morgan fingerprint density at radius 2 is 1.24 bits per heavy atom. The monoisotopic (exact) mass is 752 g/mol. The molecule has 0 unspecified atom stereocenters. The zero-order valence-corrected chi connectivity index (χ0v) is 30.7. The summed E-state index contributed by atoms with van der Waals surface area (Å²) in [5, 5.41) is 0. The third kappa shape index (κ3) is 10.8. The van der Waals surface area contributed by atoms with Gasteiger partial charge in [-0.25, -0.2) is 28.5 Å². The number of carbonyl (C=O) groups excluding carboxylic acids is 4. The number of ether oxygens (including phenoxy) is 5. The van der Waals surface area contributed by atoms with Crippen molar-refractivity contribution in [3.05, 3.63) is 146 Å². The normalized spacial score (nSPS) is 17.8. The Bertz CT molecular complexity index is 2060. The zero-order valence-electron chi connectivity index (χ0n) is 30.7. The first kappa shape index (κ1) is 40.1. The Labute approximate surface area is 317 Å². The number of nitrogens with zero attached hydrogens (tertiary/aromatic N) is 1. The lowest BCUT2D eigenvalue weighted by Gasteiger charge is -2.25. The maximum atomic E-state index is 14.1. The van der Waals surface area contributed by atoms with Crippen molar-refractivity contribution in [2.75, 3.05) is 13.2 Å². The first-order valence-electron chi connectivity index (χ1n) is 18.3. The predicted octanol–water partition coefficient (Wildman–Crippen LogP) is 5.97. The van der Waals surface area contributed by atoms with Gasteiger partial charge in [-0.1, -0.05) is 93.6 Å². The van der Waals surface area contributed by atoms with Crippen molar-refractivity contribution in [2.45, 2.75) is 76.9 Å². The summed E-state index contributed by atoms with van der Waals surface area (Å²) in [5.41, 5.74) is -1.27. The Hall–Kier alpha value is -6.08. The van der Waals surface area contributed by atoms with Crippen LogP contribution in [0.4, 0.5) is 0 Å². The Balaban J connectivity index is 1.48. The Morgan fingerprint density at radius 1 is 0.709 bits per heavy atom. The average Bonchev–Trinajstić information content (AvgIpc) is 3.52. The second-order valence-corrected chi connectivity index (χ2v) is 12.9. The molecule has 2 heterocycles. The molecule has 0 aliphatic carbocycles. The van der Waals surface area contributed by atoms with Crippen LogP contribution in [0.25, 0.3) is 6.08 Å². The fraction of sp³-hybridized carbons (Fsp3) is 0.333. The van der Waals surface area contributed by atoms with Gasteiger partial charge in [0.25, 0.3) is 5.56 Å². The van der Waals surface area contributed by atoms with E-state index in [-0.39, 0.29) is 34.6 Å². The molecule has 55 heavy (non-hydrogen) atoms. The van der Waals surface area contributed by atoms with Crippen LogP contribution in [-0.2, 0) is 28.5 Å². The number of hydrogen-bond donors (Lipinski definition) is 1. The lowest BCUT2D eigenvalue weighted by molar-refractivity contribution is -0.137. The number of aryl methyl sites for hydroxylation is 1. The van der Waals surface area contributed by atoms with E-state index in [1.165, 1.54) is 37.3 Å². The van der Waals surface area contributed by atoms with Crippen molar-refractivity contribution in [3.8, 4) is 0 Å². The number of esters is 4. The molecule has 3 aromatic carbocycles. The van der Waals surface area contributed by atoms with Crippen molar-refractivity contribution >= 4 is 30.0 Å². The van der Waals surface area contributed by atoms with Crippen molar-refractivity contribution in [3.63, 3.8) is 0 Å². The molecule has 1 aliphatic rings. The van der Waals surface area contributed by atoms with Gasteiger partial charge in [-0.2, -0.15) is 0 Å². The highest BCUT2D eigenvalue weighted by Gasteiger charge is 2.52. The van der Waals surface area contributed by atoms with Crippen LogP contribution >= 0.6 is 0 Å².